The zero-order valence-corrected chi connectivity index (χ0v) is 10.1. The molecule has 6 heteroatoms. The number of hydrogen-bond acceptors (Lipinski definition) is 5. The van der Waals surface area contributed by atoms with E-state index in [0.717, 1.165) is 38.0 Å². The predicted octanol–water partition coefficient (Wildman–Crippen LogP) is 0.916. The third-order valence-corrected chi connectivity index (χ3v) is 2.95. The van der Waals surface area contributed by atoms with Gasteiger partial charge in [-0.15, -0.1) is 0 Å². The van der Waals surface area contributed by atoms with E-state index < -0.39 is 5.97 Å². The summed E-state index contributed by atoms with van der Waals surface area (Å²) in [5, 5.41) is 17.6. The van der Waals surface area contributed by atoms with Crippen molar-refractivity contribution in [1.29, 1.82) is 0 Å². The number of aromatic carboxylic acids is 1. The molecule has 0 atom stereocenters. The van der Waals surface area contributed by atoms with Gasteiger partial charge in [0.15, 0.2) is 5.69 Å². The van der Waals surface area contributed by atoms with E-state index in [1.165, 1.54) is 12.4 Å². The number of aliphatic hydroxyl groups is 1. The van der Waals surface area contributed by atoms with Gasteiger partial charge in [-0.25, -0.2) is 14.8 Å². The van der Waals surface area contributed by atoms with Gasteiger partial charge in [-0.1, -0.05) is 0 Å². The molecule has 0 amide bonds. The Labute approximate surface area is 105 Å². The van der Waals surface area contributed by atoms with Crippen LogP contribution in [0.5, 0.6) is 0 Å². The molecule has 6 nitrogen and oxygen atoms in total. The Hall–Kier alpha value is -1.69. The molecule has 1 aromatic rings. The van der Waals surface area contributed by atoms with Gasteiger partial charge in [-0.05, 0) is 25.7 Å². The summed E-state index contributed by atoms with van der Waals surface area (Å²) in [4.78, 5) is 20.9. The summed E-state index contributed by atoms with van der Waals surface area (Å²) in [7, 11) is 0. The Balaban J connectivity index is 2.03. The van der Waals surface area contributed by atoms with E-state index in [2.05, 4.69) is 14.9 Å². The Kier molecular flexibility index (Phi) is 4.09. The first-order chi connectivity index (χ1) is 8.72. The maximum atomic E-state index is 10.7. The molecule has 1 fully saturated rings. The third kappa shape index (κ3) is 3.16. The zero-order chi connectivity index (χ0) is 13.0. The van der Waals surface area contributed by atoms with Crippen molar-refractivity contribution in [2.75, 3.05) is 18.1 Å². The number of rotatable bonds is 7. The molecule has 18 heavy (non-hydrogen) atoms. The number of carboxylic acids is 1. The summed E-state index contributed by atoms with van der Waals surface area (Å²) in [5.41, 5.74) is -0.0372. The van der Waals surface area contributed by atoms with Crippen molar-refractivity contribution in [2.45, 2.75) is 31.7 Å². The van der Waals surface area contributed by atoms with Crippen LogP contribution in [-0.4, -0.2) is 45.3 Å². The van der Waals surface area contributed by atoms with Gasteiger partial charge in [0, 0.05) is 19.2 Å². The van der Waals surface area contributed by atoms with Crippen molar-refractivity contribution in [3.05, 3.63) is 18.1 Å². The summed E-state index contributed by atoms with van der Waals surface area (Å²) in [5.74, 6) is -0.340. The van der Waals surface area contributed by atoms with Gasteiger partial charge >= 0.3 is 5.97 Å². The molecule has 2 N–H and O–H groups in total. The number of aliphatic hydroxyl groups excluding tert-OH is 1. The van der Waals surface area contributed by atoms with Crippen molar-refractivity contribution < 1.29 is 15.0 Å². The highest BCUT2D eigenvalue weighted by Gasteiger charge is 2.29. The molecular weight excluding hydrogens is 234 g/mol. The monoisotopic (exact) mass is 251 g/mol. The number of unbranched alkanes of at least 4 members (excludes halogenated alkanes) is 1. The molecule has 2 rings (SSSR count). The molecule has 0 spiro atoms. The zero-order valence-electron chi connectivity index (χ0n) is 10.1. The Bertz CT molecular complexity index is 404. The van der Waals surface area contributed by atoms with Crippen LogP contribution >= 0.6 is 0 Å². The van der Waals surface area contributed by atoms with Crippen LogP contribution in [0, 0.1) is 0 Å². The molecule has 0 aromatic carbocycles. The fourth-order valence-electron chi connectivity index (χ4n) is 1.84. The summed E-state index contributed by atoms with van der Waals surface area (Å²) in [6.45, 7) is 1.02. The molecule has 0 saturated heterocycles. The average Bonchev–Trinajstić information content (AvgIpc) is 3.19. The smallest absolute Gasteiger partial charge is 0.356 e. The summed E-state index contributed by atoms with van der Waals surface area (Å²) < 4.78 is 0. The first-order valence-corrected chi connectivity index (χ1v) is 6.15. The standard InChI is InChI=1S/C12H17N3O3/c16-6-2-1-5-15(9-3-4-9)11-8-13-10(7-14-11)12(17)18/h7-9,16H,1-6H2,(H,17,18). The Morgan fingerprint density at radius 1 is 1.33 bits per heavy atom. The molecule has 1 saturated carbocycles. The van der Waals surface area contributed by atoms with Gasteiger partial charge in [0.25, 0.3) is 0 Å². The summed E-state index contributed by atoms with van der Waals surface area (Å²) in [6.07, 6.45) is 6.75. The molecule has 1 aromatic heterocycles. The van der Waals surface area contributed by atoms with E-state index in [0.29, 0.717) is 6.04 Å². The minimum absolute atomic E-state index is 0.0372. The molecule has 98 valence electrons. The maximum Gasteiger partial charge on any atom is 0.356 e. The molecule has 0 bridgehead atoms. The molecule has 1 aliphatic rings. The number of aromatic nitrogens is 2. The number of anilines is 1. The Morgan fingerprint density at radius 3 is 2.61 bits per heavy atom. The minimum Gasteiger partial charge on any atom is -0.476 e. The van der Waals surface area contributed by atoms with E-state index in [4.69, 9.17) is 10.2 Å². The van der Waals surface area contributed by atoms with Gasteiger partial charge in [0.05, 0.1) is 12.4 Å². The van der Waals surface area contributed by atoms with Crippen molar-refractivity contribution in [3.8, 4) is 0 Å². The lowest BCUT2D eigenvalue weighted by Gasteiger charge is -2.22. The SMILES string of the molecule is O=C(O)c1cnc(N(CCCCO)C2CC2)cn1. The molecule has 1 heterocycles. The first kappa shape index (κ1) is 12.8. The number of carbonyl (C=O) groups is 1. The quantitative estimate of drug-likeness (QED) is 0.701. The van der Waals surface area contributed by atoms with Crippen molar-refractivity contribution in [3.63, 3.8) is 0 Å². The Morgan fingerprint density at radius 2 is 2.11 bits per heavy atom. The van der Waals surface area contributed by atoms with E-state index in [1.54, 1.807) is 0 Å². The topological polar surface area (TPSA) is 86.5 Å². The lowest BCUT2D eigenvalue weighted by molar-refractivity contribution is 0.0690. The lowest BCUT2D eigenvalue weighted by Crippen LogP contribution is -2.28. The van der Waals surface area contributed by atoms with Gasteiger partial charge in [0.1, 0.15) is 5.82 Å². The molecule has 1 aliphatic carbocycles. The largest absolute Gasteiger partial charge is 0.476 e. The molecule has 0 unspecified atom stereocenters. The lowest BCUT2D eigenvalue weighted by atomic mass is 10.3. The van der Waals surface area contributed by atoms with Crippen LogP contribution in [0.15, 0.2) is 12.4 Å². The van der Waals surface area contributed by atoms with Crippen LogP contribution in [0.2, 0.25) is 0 Å². The van der Waals surface area contributed by atoms with E-state index in [9.17, 15) is 4.79 Å². The fraction of sp³-hybridized carbons (Fsp3) is 0.583. The van der Waals surface area contributed by atoms with Crippen molar-refractivity contribution in [1.82, 2.24) is 9.97 Å². The van der Waals surface area contributed by atoms with Gasteiger partial charge in [0.2, 0.25) is 0 Å². The number of carboxylic acid groups (broad SMARTS) is 1. The van der Waals surface area contributed by atoms with Crippen molar-refractivity contribution in [2.24, 2.45) is 0 Å². The van der Waals surface area contributed by atoms with Crippen LogP contribution in [0.3, 0.4) is 0 Å². The number of nitrogens with zero attached hydrogens (tertiary/aromatic N) is 3. The number of hydrogen-bond donors (Lipinski definition) is 2. The van der Waals surface area contributed by atoms with E-state index >= 15 is 0 Å². The fourth-order valence-corrected chi connectivity index (χ4v) is 1.84. The van der Waals surface area contributed by atoms with E-state index in [1.807, 2.05) is 0 Å². The highest BCUT2D eigenvalue weighted by molar-refractivity contribution is 5.84. The molecular formula is C12H17N3O3. The minimum atomic E-state index is -1.06. The second kappa shape index (κ2) is 5.77. The van der Waals surface area contributed by atoms with Crippen LogP contribution in [0.25, 0.3) is 0 Å². The first-order valence-electron chi connectivity index (χ1n) is 6.15. The molecule has 0 aliphatic heterocycles. The predicted molar refractivity (Wildman–Crippen MR) is 65.7 cm³/mol. The van der Waals surface area contributed by atoms with Crippen molar-refractivity contribution >= 4 is 11.8 Å². The third-order valence-electron chi connectivity index (χ3n) is 2.95. The van der Waals surface area contributed by atoms with Gasteiger partial charge in [-0.3, -0.25) is 0 Å². The summed E-state index contributed by atoms with van der Waals surface area (Å²) >= 11 is 0. The normalized spacial score (nSPS) is 14.5. The second-order valence-corrected chi connectivity index (χ2v) is 4.42. The van der Waals surface area contributed by atoms with E-state index in [-0.39, 0.29) is 12.3 Å². The highest BCUT2D eigenvalue weighted by Crippen LogP contribution is 2.30. The summed E-state index contributed by atoms with van der Waals surface area (Å²) in [6, 6.07) is 0.494. The van der Waals surface area contributed by atoms with Crippen LogP contribution in [0.1, 0.15) is 36.2 Å². The maximum absolute atomic E-state index is 10.7. The molecule has 0 radical (unpaired) electrons. The van der Waals surface area contributed by atoms with Gasteiger partial charge < -0.3 is 15.1 Å². The average molecular weight is 251 g/mol. The van der Waals surface area contributed by atoms with Crippen LogP contribution < -0.4 is 4.90 Å². The second-order valence-electron chi connectivity index (χ2n) is 4.42. The van der Waals surface area contributed by atoms with Gasteiger partial charge in [-0.2, -0.15) is 0 Å². The highest BCUT2D eigenvalue weighted by atomic mass is 16.4. The van der Waals surface area contributed by atoms with Crippen LogP contribution in [-0.2, 0) is 0 Å². The van der Waals surface area contributed by atoms with Crippen LogP contribution in [0.4, 0.5) is 5.82 Å².